The lowest BCUT2D eigenvalue weighted by Crippen LogP contribution is -1.61. The number of thioether (sulfide) groups is 1. The number of hydrogen-bond acceptors (Lipinski definition) is 1. The van der Waals surface area contributed by atoms with E-state index in [0.717, 1.165) is 10.7 Å². The van der Waals surface area contributed by atoms with Gasteiger partial charge in [-0.15, -0.1) is 29.1 Å². The second-order valence-electron chi connectivity index (χ2n) is 2.08. The number of nitrogens with zero attached hydrogens (tertiary/aromatic N) is 1. The molecule has 50 valence electrons. The molecule has 1 aromatic rings. The van der Waals surface area contributed by atoms with Crippen LogP contribution in [0, 0.1) is 0 Å². The van der Waals surface area contributed by atoms with Gasteiger partial charge < -0.3 is 5.32 Å². The summed E-state index contributed by atoms with van der Waals surface area (Å²) in [5.41, 5.74) is 1.05. The maximum absolute atomic E-state index is 4.22. The number of benzene rings is 1. The van der Waals surface area contributed by atoms with E-state index < -0.39 is 0 Å². The van der Waals surface area contributed by atoms with Crippen molar-refractivity contribution in [1.29, 1.82) is 0 Å². The van der Waals surface area contributed by atoms with Crippen molar-refractivity contribution in [3.05, 3.63) is 41.2 Å². The topological polar surface area (TPSA) is 14.1 Å². The van der Waals surface area contributed by atoms with E-state index in [-0.39, 0.29) is 0 Å². The fourth-order valence-electron chi connectivity index (χ4n) is 0.920. The minimum absolute atomic E-state index is 0.890. The second kappa shape index (κ2) is 2.06. The Morgan fingerprint density at radius 1 is 1.30 bits per heavy atom. The van der Waals surface area contributed by atoms with Gasteiger partial charge in [-0.05, 0) is 11.0 Å². The van der Waals surface area contributed by atoms with Crippen LogP contribution in [0.5, 0.6) is 0 Å². The van der Waals surface area contributed by atoms with E-state index in [9.17, 15) is 0 Å². The molecule has 10 heavy (non-hydrogen) atoms. The van der Waals surface area contributed by atoms with Gasteiger partial charge in [-0.2, -0.15) is 0 Å². The normalized spacial score (nSPS) is 14.6. The molecule has 0 radical (unpaired) electrons. The third-order valence-corrected chi connectivity index (χ3v) is 2.23. The Hall–Kier alpha value is -0.890. The van der Waals surface area contributed by atoms with Gasteiger partial charge in [0.15, 0.2) is 0 Å². The summed E-state index contributed by atoms with van der Waals surface area (Å²) in [6, 6.07) is 8.06. The first-order valence-electron chi connectivity index (χ1n) is 3.04. The van der Waals surface area contributed by atoms with Gasteiger partial charge in [0.05, 0.1) is 0 Å². The van der Waals surface area contributed by atoms with Crippen LogP contribution in [-0.4, -0.2) is 0 Å². The monoisotopic (exact) mass is 148 g/mol. The van der Waals surface area contributed by atoms with E-state index in [1.807, 2.05) is 18.2 Å². The molecular formula is C8H6NS-. The Bertz CT molecular complexity index is 253. The van der Waals surface area contributed by atoms with Gasteiger partial charge in [0, 0.05) is 0 Å². The maximum atomic E-state index is 4.22. The maximum Gasteiger partial charge on any atom is -0.00435 e. The molecule has 1 aliphatic heterocycles. The Kier molecular flexibility index (Phi) is 1.21. The molecule has 1 nitrogen and oxygen atoms in total. The van der Waals surface area contributed by atoms with Crippen LogP contribution in [0.15, 0.2) is 40.8 Å². The zero-order valence-corrected chi connectivity index (χ0v) is 6.19. The molecule has 0 aromatic heterocycles. The number of hydrogen-bond donors (Lipinski definition) is 0. The molecule has 0 bridgehead atoms. The van der Waals surface area contributed by atoms with E-state index in [1.54, 1.807) is 11.8 Å². The Morgan fingerprint density at radius 2 is 2.10 bits per heavy atom. The van der Waals surface area contributed by atoms with Crippen molar-refractivity contribution in [3.63, 3.8) is 0 Å². The van der Waals surface area contributed by atoms with Crippen LogP contribution in [-0.2, 0) is 0 Å². The zero-order chi connectivity index (χ0) is 6.97. The van der Waals surface area contributed by atoms with Crippen LogP contribution < -0.4 is 0 Å². The average Bonchev–Trinajstić information content (AvgIpc) is 2.27. The predicted octanol–water partition coefficient (Wildman–Crippen LogP) is 3.27. The Labute approximate surface area is 64.1 Å². The highest BCUT2D eigenvalue weighted by molar-refractivity contribution is 8.03. The summed E-state index contributed by atoms with van der Waals surface area (Å²) < 4.78 is 0. The first-order chi connectivity index (χ1) is 4.86. The summed E-state index contributed by atoms with van der Waals surface area (Å²) in [5, 5.41) is 5.11. The van der Waals surface area contributed by atoms with Crippen LogP contribution >= 0.6 is 11.8 Å². The van der Waals surface area contributed by atoms with Crippen LogP contribution in [0.2, 0.25) is 0 Å². The van der Waals surface area contributed by atoms with Crippen molar-refractivity contribution >= 4 is 17.4 Å². The number of para-hydroxylation sites is 1. The highest BCUT2D eigenvalue weighted by Gasteiger charge is 2.00. The van der Waals surface area contributed by atoms with Crippen molar-refractivity contribution in [3.8, 4) is 0 Å². The summed E-state index contributed by atoms with van der Waals surface area (Å²) in [7, 11) is 0. The van der Waals surface area contributed by atoms with Gasteiger partial charge in [0.25, 0.3) is 0 Å². The molecule has 1 aromatic carbocycles. The van der Waals surface area contributed by atoms with Crippen LogP contribution in [0.3, 0.4) is 0 Å². The van der Waals surface area contributed by atoms with Crippen molar-refractivity contribution < 1.29 is 0 Å². The first-order valence-corrected chi connectivity index (χ1v) is 3.85. The summed E-state index contributed by atoms with van der Waals surface area (Å²) in [6.07, 6.45) is 0. The largest absolute Gasteiger partial charge is 0.652 e. The molecular weight excluding hydrogens is 142 g/mol. The molecule has 0 amide bonds. The molecule has 0 saturated carbocycles. The van der Waals surface area contributed by atoms with Crippen molar-refractivity contribution in [1.82, 2.24) is 0 Å². The minimum atomic E-state index is 0.890. The highest BCUT2D eigenvalue weighted by Crippen LogP contribution is 2.47. The molecule has 0 aliphatic carbocycles. The van der Waals surface area contributed by atoms with Crippen LogP contribution in [0.4, 0.5) is 5.69 Å². The summed E-state index contributed by atoms with van der Waals surface area (Å²) in [4.78, 5) is 1.22. The molecule has 1 aliphatic rings. The van der Waals surface area contributed by atoms with E-state index in [1.165, 1.54) is 4.90 Å². The third-order valence-electron chi connectivity index (χ3n) is 1.34. The Morgan fingerprint density at radius 3 is 2.90 bits per heavy atom. The lowest BCUT2D eigenvalue weighted by molar-refractivity contribution is 1.50. The van der Waals surface area contributed by atoms with Crippen molar-refractivity contribution in [2.75, 3.05) is 0 Å². The van der Waals surface area contributed by atoms with E-state index >= 15 is 0 Å². The first kappa shape index (κ1) is 5.86. The third kappa shape index (κ3) is 0.809. The van der Waals surface area contributed by atoms with E-state index in [0.29, 0.717) is 0 Å². The van der Waals surface area contributed by atoms with E-state index in [4.69, 9.17) is 0 Å². The van der Waals surface area contributed by atoms with Gasteiger partial charge in [-0.1, -0.05) is 18.2 Å². The van der Waals surface area contributed by atoms with Gasteiger partial charge >= 0.3 is 0 Å². The SMILES string of the molecule is C=C1[N-]c2ccccc2S1. The molecule has 0 N–H and O–H groups in total. The Balaban J connectivity index is 2.51. The summed E-state index contributed by atoms with van der Waals surface area (Å²) in [5.74, 6) is 0. The molecule has 1 heterocycles. The summed E-state index contributed by atoms with van der Waals surface area (Å²) >= 11 is 1.63. The molecule has 2 heteroatoms. The van der Waals surface area contributed by atoms with E-state index in [2.05, 4.69) is 18.0 Å². The predicted molar refractivity (Wildman–Crippen MR) is 44.5 cm³/mol. The van der Waals surface area contributed by atoms with Crippen molar-refractivity contribution in [2.24, 2.45) is 0 Å². The molecule has 0 saturated heterocycles. The molecule has 0 unspecified atom stereocenters. The fourth-order valence-corrected chi connectivity index (χ4v) is 1.68. The summed E-state index contributed by atoms with van der Waals surface area (Å²) in [6.45, 7) is 3.77. The fraction of sp³-hybridized carbons (Fsp3) is 0. The molecule has 0 spiro atoms. The lowest BCUT2D eigenvalue weighted by atomic mass is 10.3. The van der Waals surface area contributed by atoms with Crippen LogP contribution in [0.1, 0.15) is 0 Å². The molecule has 0 fully saturated rings. The number of fused-ring (bicyclic) bond motifs is 1. The van der Waals surface area contributed by atoms with Gasteiger partial charge in [0.1, 0.15) is 0 Å². The minimum Gasteiger partial charge on any atom is -0.652 e. The quantitative estimate of drug-likeness (QED) is 0.550. The molecule has 2 rings (SSSR count). The van der Waals surface area contributed by atoms with Crippen LogP contribution in [0.25, 0.3) is 5.32 Å². The van der Waals surface area contributed by atoms with Gasteiger partial charge in [-0.25, -0.2) is 0 Å². The smallest absolute Gasteiger partial charge is 0.00435 e. The average molecular weight is 148 g/mol. The number of rotatable bonds is 0. The van der Waals surface area contributed by atoms with Crippen molar-refractivity contribution in [2.45, 2.75) is 4.90 Å². The van der Waals surface area contributed by atoms with Gasteiger partial charge in [-0.3, -0.25) is 0 Å². The zero-order valence-electron chi connectivity index (χ0n) is 5.37. The lowest BCUT2D eigenvalue weighted by Gasteiger charge is -2.11. The second-order valence-corrected chi connectivity index (χ2v) is 3.19. The highest BCUT2D eigenvalue weighted by atomic mass is 32.2. The van der Waals surface area contributed by atoms with Gasteiger partial charge in [0.2, 0.25) is 0 Å². The molecule has 0 atom stereocenters. The standard InChI is InChI=1S/C8H6NS/c1-6-9-7-4-2-3-5-8(7)10-6/h2-5H,1H2/q-1.